The van der Waals surface area contributed by atoms with E-state index in [1.807, 2.05) is 6.92 Å². The molecule has 0 saturated heterocycles. The van der Waals surface area contributed by atoms with E-state index < -0.39 is 12.0 Å². The Morgan fingerprint density at radius 2 is 2.10 bits per heavy atom. The number of carbonyl (C=O) groups excluding carboxylic acids is 2. The highest BCUT2D eigenvalue weighted by Gasteiger charge is 2.16. The Morgan fingerprint density at radius 3 is 2.70 bits per heavy atom. The van der Waals surface area contributed by atoms with Crippen LogP contribution in [0.4, 0.5) is 11.4 Å². The summed E-state index contributed by atoms with van der Waals surface area (Å²) in [5.74, 6) is -0.621. The number of ether oxygens (including phenoxy) is 1. The highest BCUT2D eigenvalue weighted by atomic mass is 16.5. The summed E-state index contributed by atoms with van der Waals surface area (Å²) in [6, 6.07) is 4.53. The molecular weight excluding hydrogens is 258 g/mol. The van der Waals surface area contributed by atoms with Gasteiger partial charge in [0.2, 0.25) is 5.91 Å². The van der Waals surface area contributed by atoms with Crippen LogP contribution in [0.5, 0.6) is 0 Å². The number of amides is 1. The van der Waals surface area contributed by atoms with Crippen LogP contribution in [0.1, 0.15) is 30.6 Å². The number of hydrogen-bond donors (Lipinski definition) is 3. The molecule has 110 valence electrons. The third-order valence-electron chi connectivity index (χ3n) is 2.83. The summed E-state index contributed by atoms with van der Waals surface area (Å²) in [6.07, 6.45) is 0.873. The molecule has 0 aromatic heterocycles. The fourth-order valence-corrected chi connectivity index (χ4v) is 1.68. The zero-order chi connectivity index (χ0) is 15.1. The van der Waals surface area contributed by atoms with Crippen LogP contribution in [0.3, 0.4) is 0 Å². The van der Waals surface area contributed by atoms with Gasteiger partial charge in [-0.25, -0.2) is 4.79 Å². The number of nitrogens with two attached hydrogens (primary N) is 1. The van der Waals surface area contributed by atoms with Crippen molar-refractivity contribution in [2.45, 2.75) is 26.3 Å². The summed E-state index contributed by atoms with van der Waals surface area (Å²) in [6.45, 7) is 4.34. The molecule has 1 amide bonds. The minimum absolute atomic E-state index is 0.116. The molecule has 0 bridgehead atoms. The van der Waals surface area contributed by atoms with Crippen LogP contribution in [0, 0.1) is 0 Å². The molecule has 1 aromatic rings. The molecule has 1 atom stereocenters. The third-order valence-corrected chi connectivity index (χ3v) is 2.83. The first-order chi connectivity index (χ1) is 9.51. The van der Waals surface area contributed by atoms with E-state index in [1.165, 1.54) is 7.11 Å². The van der Waals surface area contributed by atoms with Crippen molar-refractivity contribution >= 4 is 23.3 Å². The number of rotatable bonds is 6. The van der Waals surface area contributed by atoms with Crippen molar-refractivity contribution < 1.29 is 14.3 Å². The molecule has 0 fully saturated rings. The van der Waals surface area contributed by atoms with Crippen LogP contribution >= 0.6 is 0 Å². The molecule has 0 saturated carbocycles. The van der Waals surface area contributed by atoms with Crippen molar-refractivity contribution in [1.29, 1.82) is 0 Å². The second kappa shape index (κ2) is 7.37. The van der Waals surface area contributed by atoms with Gasteiger partial charge in [-0.1, -0.05) is 13.0 Å². The van der Waals surface area contributed by atoms with Crippen LogP contribution in [0.2, 0.25) is 0 Å². The topological polar surface area (TPSA) is 93.5 Å². The van der Waals surface area contributed by atoms with Crippen LogP contribution in [-0.2, 0) is 9.53 Å². The molecule has 0 aliphatic carbocycles. The second-order valence-corrected chi connectivity index (χ2v) is 4.42. The average molecular weight is 279 g/mol. The number of carbonyl (C=O) groups is 2. The van der Waals surface area contributed by atoms with E-state index >= 15 is 0 Å². The number of nitrogen functional groups attached to an aromatic ring is 1. The SMILES string of the molecule is CCCNC(=O)C(C)Nc1cccc(C(=O)OC)c1N. The first-order valence-electron chi connectivity index (χ1n) is 6.52. The first kappa shape index (κ1) is 15.8. The highest BCUT2D eigenvalue weighted by Crippen LogP contribution is 2.24. The van der Waals surface area contributed by atoms with Crippen molar-refractivity contribution in [3.8, 4) is 0 Å². The molecule has 1 rings (SSSR count). The summed E-state index contributed by atoms with van der Waals surface area (Å²) < 4.78 is 4.65. The van der Waals surface area contributed by atoms with Crippen LogP contribution in [0.25, 0.3) is 0 Å². The first-order valence-corrected chi connectivity index (χ1v) is 6.52. The lowest BCUT2D eigenvalue weighted by Gasteiger charge is -2.17. The maximum absolute atomic E-state index is 11.8. The summed E-state index contributed by atoms with van der Waals surface area (Å²) in [7, 11) is 1.29. The van der Waals surface area contributed by atoms with E-state index in [0.29, 0.717) is 12.2 Å². The molecule has 6 heteroatoms. The zero-order valence-electron chi connectivity index (χ0n) is 12.0. The Bertz CT molecular complexity index is 489. The molecule has 0 spiro atoms. The van der Waals surface area contributed by atoms with Gasteiger partial charge in [0.15, 0.2) is 0 Å². The van der Waals surface area contributed by atoms with Crippen molar-refractivity contribution in [1.82, 2.24) is 5.32 Å². The quantitative estimate of drug-likeness (QED) is 0.540. The van der Waals surface area contributed by atoms with Crippen molar-refractivity contribution in [3.05, 3.63) is 23.8 Å². The minimum atomic E-state index is -0.505. The molecule has 0 aliphatic rings. The minimum Gasteiger partial charge on any atom is -0.465 e. The number of nitrogens with one attached hydrogen (secondary N) is 2. The maximum Gasteiger partial charge on any atom is 0.340 e. The van der Waals surface area contributed by atoms with Gasteiger partial charge in [-0.05, 0) is 25.5 Å². The van der Waals surface area contributed by atoms with Crippen molar-refractivity contribution in [2.24, 2.45) is 0 Å². The normalized spacial score (nSPS) is 11.6. The van der Waals surface area contributed by atoms with Gasteiger partial charge < -0.3 is 21.1 Å². The molecule has 20 heavy (non-hydrogen) atoms. The molecule has 6 nitrogen and oxygen atoms in total. The smallest absolute Gasteiger partial charge is 0.340 e. The summed E-state index contributed by atoms with van der Waals surface area (Å²) in [5, 5.41) is 5.78. The molecule has 0 radical (unpaired) electrons. The van der Waals surface area contributed by atoms with Crippen LogP contribution in [-0.4, -0.2) is 31.6 Å². The number of methoxy groups -OCH3 is 1. The van der Waals surface area contributed by atoms with Gasteiger partial charge in [0.1, 0.15) is 6.04 Å². The lowest BCUT2D eigenvalue weighted by molar-refractivity contribution is -0.121. The van der Waals surface area contributed by atoms with E-state index in [0.717, 1.165) is 6.42 Å². The van der Waals surface area contributed by atoms with Crippen LogP contribution in [0.15, 0.2) is 18.2 Å². The van der Waals surface area contributed by atoms with Gasteiger partial charge >= 0.3 is 5.97 Å². The molecular formula is C14H21N3O3. The lowest BCUT2D eigenvalue weighted by atomic mass is 10.1. The number of anilines is 2. The fraction of sp³-hybridized carbons (Fsp3) is 0.429. The zero-order valence-corrected chi connectivity index (χ0v) is 12.0. The maximum atomic E-state index is 11.8. The Balaban J connectivity index is 2.82. The molecule has 0 aliphatic heterocycles. The third kappa shape index (κ3) is 3.88. The molecule has 1 unspecified atom stereocenters. The Hall–Kier alpha value is -2.24. The average Bonchev–Trinajstić information content (AvgIpc) is 2.45. The second-order valence-electron chi connectivity index (χ2n) is 4.42. The largest absolute Gasteiger partial charge is 0.465 e. The predicted octanol–water partition coefficient (Wildman–Crippen LogP) is 1.38. The monoisotopic (exact) mass is 279 g/mol. The predicted molar refractivity (Wildman–Crippen MR) is 78.6 cm³/mol. The van der Waals surface area contributed by atoms with Gasteiger partial charge in [0, 0.05) is 6.54 Å². The van der Waals surface area contributed by atoms with Gasteiger partial charge in [-0.3, -0.25) is 4.79 Å². The summed E-state index contributed by atoms with van der Waals surface area (Å²) in [4.78, 5) is 23.3. The van der Waals surface area contributed by atoms with E-state index in [9.17, 15) is 9.59 Å². The van der Waals surface area contributed by atoms with Gasteiger partial charge in [0.05, 0.1) is 24.0 Å². The Kier molecular flexibility index (Phi) is 5.83. The summed E-state index contributed by atoms with van der Waals surface area (Å²) >= 11 is 0. The van der Waals surface area contributed by atoms with Gasteiger partial charge in [-0.15, -0.1) is 0 Å². The number of esters is 1. The van der Waals surface area contributed by atoms with E-state index in [-0.39, 0.29) is 17.2 Å². The van der Waals surface area contributed by atoms with Crippen molar-refractivity contribution in [2.75, 3.05) is 24.7 Å². The number of para-hydroxylation sites is 1. The van der Waals surface area contributed by atoms with Gasteiger partial charge in [0.25, 0.3) is 0 Å². The van der Waals surface area contributed by atoms with Gasteiger partial charge in [-0.2, -0.15) is 0 Å². The van der Waals surface area contributed by atoms with E-state index in [2.05, 4.69) is 15.4 Å². The van der Waals surface area contributed by atoms with Crippen LogP contribution < -0.4 is 16.4 Å². The summed E-state index contributed by atoms with van der Waals surface area (Å²) in [5.41, 5.74) is 7.00. The molecule has 1 aromatic carbocycles. The number of benzene rings is 1. The molecule has 4 N–H and O–H groups in total. The lowest BCUT2D eigenvalue weighted by Crippen LogP contribution is -2.38. The Labute approximate surface area is 118 Å². The number of hydrogen-bond acceptors (Lipinski definition) is 5. The Morgan fingerprint density at radius 1 is 1.40 bits per heavy atom. The van der Waals surface area contributed by atoms with Crippen molar-refractivity contribution in [3.63, 3.8) is 0 Å². The highest BCUT2D eigenvalue weighted by molar-refractivity contribution is 5.98. The standard InChI is InChI=1S/C14H21N3O3/c1-4-8-16-13(18)9(2)17-11-7-5-6-10(12(11)15)14(19)20-3/h5-7,9,17H,4,8,15H2,1-3H3,(H,16,18). The van der Waals surface area contributed by atoms with E-state index in [1.54, 1.807) is 25.1 Å². The van der Waals surface area contributed by atoms with E-state index in [4.69, 9.17) is 5.73 Å². The molecule has 0 heterocycles. The fourth-order valence-electron chi connectivity index (χ4n) is 1.68.